The summed E-state index contributed by atoms with van der Waals surface area (Å²) in [4.78, 5) is 15.1. The van der Waals surface area contributed by atoms with Gasteiger partial charge in [-0.25, -0.2) is 0 Å². The fourth-order valence-corrected chi connectivity index (χ4v) is 6.16. The molecule has 0 radical (unpaired) electrons. The van der Waals surface area contributed by atoms with Crippen LogP contribution in [0, 0.1) is 23.7 Å². The lowest BCUT2D eigenvalue weighted by molar-refractivity contribution is -0.214. The summed E-state index contributed by atoms with van der Waals surface area (Å²) in [5, 5.41) is 11.0. The van der Waals surface area contributed by atoms with Gasteiger partial charge in [0.15, 0.2) is 0 Å². The van der Waals surface area contributed by atoms with Crippen LogP contribution in [0.25, 0.3) is 0 Å². The molecule has 2 aliphatic carbocycles. The highest BCUT2D eigenvalue weighted by molar-refractivity contribution is 5.84. The van der Waals surface area contributed by atoms with Crippen molar-refractivity contribution in [2.45, 2.75) is 57.1 Å². The van der Waals surface area contributed by atoms with Crippen LogP contribution in [0.2, 0.25) is 0 Å². The van der Waals surface area contributed by atoms with Crippen LogP contribution in [0.3, 0.4) is 0 Å². The smallest absolute Gasteiger partial charge is 0.138 e. The van der Waals surface area contributed by atoms with Gasteiger partial charge in [-0.15, -0.1) is 0 Å². The summed E-state index contributed by atoms with van der Waals surface area (Å²) >= 11 is 0. The van der Waals surface area contributed by atoms with Gasteiger partial charge in [-0.05, 0) is 62.9 Å². The van der Waals surface area contributed by atoms with Crippen LogP contribution in [0.5, 0.6) is 0 Å². The first-order valence-corrected chi connectivity index (χ1v) is 8.11. The number of Topliss-reactive ketones (excluding diaryl/α,β-unsaturated/α-hetero) is 1. The van der Waals surface area contributed by atoms with Crippen molar-refractivity contribution in [3.05, 3.63) is 0 Å². The molecule has 3 heteroatoms. The maximum atomic E-state index is 12.6. The minimum absolute atomic E-state index is 0.126. The lowest BCUT2D eigenvalue weighted by Gasteiger charge is -2.67. The topological polar surface area (TPSA) is 40.5 Å². The van der Waals surface area contributed by atoms with E-state index in [1.807, 2.05) is 0 Å². The highest BCUT2D eigenvalue weighted by Gasteiger charge is 2.66. The lowest BCUT2D eigenvalue weighted by atomic mass is 9.47. The number of aliphatic hydroxyl groups is 1. The van der Waals surface area contributed by atoms with Crippen molar-refractivity contribution in [2.24, 2.45) is 23.7 Å². The van der Waals surface area contributed by atoms with Crippen molar-refractivity contribution in [2.75, 3.05) is 13.1 Å². The molecule has 19 heavy (non-hydrogen) atoms. The van der Waals surface area contributed by atoms with Gasteiger partial charge >= 0.3 is 0 Å². The second-order valence-electron chi connectivity index (χ2n) is 7.41. The maximum absolute atomic E-state index is 12.6. The molecule has 1 N–H and O–H groups in total. The number of ketones is 1. The van der Waals surface area contributed by atoms with E-state index >= 15 is 0 Å². The molecular formula is C16H25NO2. The molecule has 106 valence electrons. The van der Waals surface area contributed by atoms with E-state index in [9.17, 15) is 9.90 Å². The number of aliphatic hydroxyl groups excluding tert-OH is 1. The summed E-state index contributed by atoms with van der Waals surface area (Å²) in [6, 6.07) is 0. The monoisotopic (exact) mass is 263 g/mol. The van der Waals surface area contributed by atoms with Crippen LogP contribution in [-0.4, -0.2) is 40.5 Å². The quantitative estimate of drug-likeness (QED) is 0.725. The molecule has 2 aliphatic heterocycles. The highest BCUT2D eigenvalue weighted by Crippen LogP contribution is 2.59. The predicted molar refractivity (Wildman–Crippen MR) is 72.7 cm³/mol. The van der Waals surface area contributed by atoms with Crippen molar-refractivity contribution in [3.63, 3.8) is 0 Å². The standard InChI is InChI=1S/C16H25NO2/c1-10-8-11-9-14(18)13-5-3-7-17-6-2-4-12(11)16(13,17)15(10)19/h10-13,15,19H,2-9H2,1H3/t10-,11-,12+,13-,15+,16+/m0/s1. The zero-order chi connectivity index (χ0) is 13.2. The minimum atomic E-state index is -0.288. The van der Waals surface area contributed by atoms with Crippen molar-refractivity contribution in [3.8, 4) is 0 Å². The van der Waals surface area contributed by atoms with Crippen LogP contribution >= 0.6 is 0 Å². The van der Waals surface area contributed by atoms with E-state index in [0.29, 0.717) is 23.5 Å². The van der Waals surface area contributed by atoms with Gasteiger partial charge in [-0.1, -0.05) is 6.92 Å². The van der Waals surface area contributed by atoms with Crippen molar-refractivity contribution >= 4 is 5.78 Å². The van der Waals surface area contributed by atoms with Gasteiger partial charge in [0.25, 0.3) is 0 Å². The predicted octanol–water partition coefficient (Wildman–Crippen LogP) is 1.84. The summed E-state index contributed by atoms with van der Waals surface area (Å²) in [7, 11) is 0. The first kappa shape index (κ1) is 12.3. The number of rotatable bonds is 0. The zero-order valence-corrected chi connectivity index (χ0v) is 11.8. The molecule has 2 saturated carbocycles. The lowest BCUT2D eigenvalue weighted by Crippen LogP contribution is -2.77. The number of hydrogen-bond acceptors (Lipinski definition) is 3. The van der Waals surface area contributed by atoms with E-state index in [1.165, 1.54) is 12.8 Å². The Morgan fingerprint density at radius 2 is 2.00 bits per heavy atom. The van der Waals surface area contributed by atoms with Gasteiger partial charge < -0.3 is 5.11 Å². The summed E-state index contributed by atoms with van der Waals surface area (Å²) < 4.78 is 0. The second kappa shape index (κ2) is 4.05. The highest BCUT2D eigenvalue weighted by atomic mass is 16.3. The maximum Gasteiger partial charge on any atom is 0.138 e. The van der Waals surface area contributed by atoms with Crippen molar-refractivity contribution in [1.82, 2.24) is 4.90 Å². The van der Waals surface area contributed by atoms with Gasteiger partial charge in [-0.2, -0.15) is 0 Å². The van der Waals surface area contributed by atoms with Gasteiger partial charge in [0, 0.05) is 12.3 Å². The molecule has 1 spiro atoms. The Hall–Kier alpha value is -0.410. The third kappa shape index (κ3) is 1.38. The Balaban J connectivity index is 1.87. The third-order valence-electron chi connectivity index (χ3n) is 6.67. The van der Waals surface area contributed by atoms with Crippen LogP contribution in [0.1, 0.15) is 45.4 Å². The molecule has 0 aromatic rings. The number of piperidine rings is 2. The molecule has 0 aromatic carbocycles. The molecule has 4 fully saturated rings. The Bertz CT molecular complexity index is 404. The molecule has 4 aliphatic rings. The largest absolute Gasteiger partial charge is 0.391 e. The molecule has 0 amide bonds. The van der Waals surface area contributed by atoms with E-state index in [4.69, 9.17) is 0 Å². The van der Waals surface area contributed by atoms with Crippen molar-refractivity contribution < 1.29 is 9.90 Å². The Morgan fingerprint density at radius 3 is 2.79 bits per heavy atom. The van der Waals surface area contributed by atoms with Gasteiger partial charge in [-0.3, -0.25) is 9.69 Å². The molecule has 2 saturated heterocycles. The fraction of sp³-hybridized carbons (Fsp3) is 0.938. The van der Waals surface area contributed by atoms with E-state index in [-0.39, 0.29) is 17.6 Å². The van der Waals surface area contributed by atoms with E-state index in [0.717, 1.165) is 38.8 Å². The van der Waals surface area contributed by atoms with Crippen LogP contribution < -0.4 is 0 Å². The summed E-state index contributed by atoms with van der Waals surface area (Å²) in [5.74, 6) is 2.06. The number of nitrogens with zero attached hydrogens (tertiary/aromatic N) is 1. The summed E-state index contributed by atoms with van der Waals surface area (Å²) in [5.41, 5.74) is -0.172. The Morgan fingerprint density at radius 1 is 1.26 bits per heavy atom. The van der Waals surface area contributed by atoms with E-state index < -0.39 is 0 Å². The van der Waals surface area contributed by atoms with Gasteiger partial charge in [0.2, 0.25) is 0 Å². The van der Waals surface area contributed by atoms with Gasteiger partial charge in [0.1, 0.15) is 5.78 Å². The molecule has 0 unspecified atom stereocenters. The Labute approximate surface area is 115 Å². The van der Waals surface area contributed by atoms with E-state index in [1.54, 1.807) is 0 Å². The molecular weight excluding hydrogens is 238 g/mol. The molecule has 2 bridgehead atoms. The van der Waals surface area contributed by atoms with Crippen LogP contribution in [0.15, 0.2) is 0 Å². The molecule has 0 aromatic heterocycles. The SMILES string of the molecule is C[C@H]1C[C@H]2CC(=O)[C@@H]3CCCN4CCC[C@H]2[C@]34[C@@H]1O. The average molecular weight is 263 g/mol. The number of carbonyl (C=O) groups excluding carboxylic acids is 1. The molecule has 2 heterocycles. The summed E-state index contributed by atoms with van der Waals surface area (Å²) in [6.45, 7) is 4.38. The Kier molecular flexibility index (Phi) is 2.63. The fourth-order valence-electron chi connectivity index (χ4n) is 6.16. The third-order valence-corrected chi connectivity index (χ3v) is 6.67. The number of carbonyl (C=O) groups is 1. The zero-order valence-electron chi connectivity index (χ0n) is 11.8. The van der Waals surface area contributed by atoms with Gasteiger partial charge in [0.05, 0.1) is 11.6 Å². The first-order chi connectivity index (χ1) is 9.15. The van der Waals surface area contributed by atoms with Crippen molar-refractivity contribution in [1.29, 1.82) is 0 Å². The average Bonchev–Trinajstić information content (AvgIpc) is 2.41. The molecule has 3 nitrogen and oxygen atoms in total. The molecule has 6 atom stereocenters. The second-order valence-corrected chi connectivity index (χ2v) is 7.41. The number of hydrogen-bond donors (Lipinski definition) is 1. The van der Waals surface area contributed by atoms with Crippen LogP contribution in [-0.2, 0) is 4.79 Å². The minimum Gasteiger partial charge on any atom is -0.391 e. The normalized spacial score (nSPS) is 53.8. The summed E-state index contributed by atoms with van der Waals surface area (Å²) in [6.07, 6.45) is 6.20. The first-order valence-electron chi connectivity index (χ1n) is 8.11. The molecule has 4 rings (SSSR count). The van der Waals surface area contributed by atoms with Crippen LogP contribution in [0.4, 0.5) is 0 Å². The van der Waals surface area contributed by atoms with E-state index in [2.05, 4.69) is 11.8 Å².